The van der Waals surface area contributed by atoms with Gasteiger partial charge in [-0.1, -0.05) is 38.8 Å². The molecule has 0 rings (SSSR count). The zero-order valence-corrected chi connectivity index (χ0v) is 8.70. The third-order valence-electron chi connectivity index (χ3n) is 2.67. The summed E-state index contributed by atoms with van der Waals surface area (Å²) >= 11 is 0. The van der Waals surface area contributed by atoms with Crippen LogP contribution in [0.5, 0.6) is 0 Å². The Labute approximate surface area is 71.7 Å². The second-order valence-electron chi connectivity index (χ2n) is 3.32. The molecule has 0 radical (unpaired) electrons. The molecule has 0 saturated carbocycles. The Kier molecular flexibility index (Phi) is 5.27. The summed E-state index contributed by atoms with van der Waals surface area (Å²) in [5.41, 5.74) is 3.27. The summed E-state index contributed by atoms with van der Waals surface area (Å²) in [6.45, 7) is 11.4. The molecule has 0 fully saturated rings. The highest BCUT2D eigenvalue weighted by atomic mass is 14.1. The van der Waals surface area contributed by atoms with Gasteiger partial charge in [0, 0.05) is 0 Å². The largest absolute Gasteiger partial charge is 0.0741 e. The van der Waals surface area contributed by atoms with Crippen molar-refractivity contribution in [2.45, 2.75) is 53.9 Å². The molecular formula is C11H22. The van der Waals surface area contributed by atoms with Gasteiger partial charge in [-0.05, 0) is 32.1 Å². The number of allylic oxidation sites excluding steroid dienone is 2. The predicted molar refractivity (Wildman–Crippen MR) is 52.7 cm³/mol. The highest BCUT2D eigenvalue weighted by Gasteiger charge is 2.06. The lowest BCUT2D eigenvalue weighted by Gasteiger charge is -2.15. The molecule has 0 bridgehead atoms. The van der Waals surface area contributed by atoms with E-state index < -0.39 is 0 Å². The molecule has 0 aromatic carbocycles. The molecule has 0 aliphatic rings. The van der Waals surface area contributed by atoms with Crippen LogP contribution in [0.4, 0.5) is 0 Å². The second kappa shape index (κ2) is 5.40. The van der Waals surface area contributed by atoms with Crippen molar-refractivity contribution < 1.29 is 0 Å². The molecule has 0 nitrogen and oxygen atoms in total. The molecular weight excluding hydrogens is 132 g/mol. The maximum absolute atomic E-state index is 2.33. The molecule has 66 valence electrons. The normalized spacial score (nSPS) is 16.1. The Hall–Kier alpha value is -0.260. The molecule has 0 saturated heterocycles. The number of rotatable bonds is 4. The average Bonchev–Trinajstić information content (AvgIpc) is 2.05. The topological polar surface area (TPSA) is 0 Å². The van der Waals surface area contributed by atoms with Gasteiger partial charge in [0.05, 0.1) is 0 Å². The lowest BCUT2D eigenvalue weighted by molar-refractivity contribution is 0.621. The molecule has 0 aliphatic heterocycles. The maximum atomic E-state index is 2.33. The first kappa shape index (κ1) is 10.7. The first-order valence-corrected chi connectivity index (χ1v) is 4.85. The molecule has 0 N–H and O–H groups in total. The van der Waals surface area contributed by atoms with E-state index in [0.29, 0.717) is 0 Å². The van der Waals surface area contributed by atoms with Crippen molar-refractivity contribution in [2.24, 2.45) is 5.92 Å². The molecule has 0 aromatic heterocycles. The highest BCUT2D eigenvalue weighted by Crippen LogP contribution is 2.22. The van der Waals surface area contributed by atoms with Crippen molar-refractivity contribution >= 4 is 0 Å². The van der Waals surface area contributed by atoms with Crippen molar-refractivity contribution in [3.05, 3.63) is 11.1 Å². The van der Waals surface area contributed by atoms with Gasteiger partial charge in [0.2, 0.25) is 0 Å². The first-order chi connectivity index (χ1) is 5.17. The van der Waals surface area contributed by atoms with Crippen LogP contribution in [-0.2, 0) is 0 Å². The Bertz CT molecular complexity index is 131. The second-order valence-corrected chi connectivity index (χ2v) is 3.32. The third-order valence-corrected chi connectivity index (χ3v) is 2.67. The molecule has 0 aromatic rings. The van der Waals surface area contributed by atoms with Crippen molar-refractivity contribution in [1.29, 1.82) is 0 Å². The van der Waals surface area contributed by atoms with Crippen LogP contribution in [0.25, 0.3) is 0 Å². The van der Waals surface area contributed by atoms with E-state index in [1.165, 1.54) is 19.3 Å². The molecule has 0 aliphatic carbocycles. The number of hydrogen-bond acceptors (Lipinski definition) is 0. The Morgan fingerprint density at radius 1 is 1.09 bits per heavy atom. The minimum Gasteiger partial charge on any atom is -0.0741 e. The lowest BCUT2D eigenvalue weighted by Crippen LogP contribution is -1.99. The predicted octanol–water partition coefficient (Wildman–Crippen LogP) is 4.17. The monoisotopic (exact) mass is 154 g/mol. The van der Waals surface area contributed by atoms with Crippen LogP contribution in [-0.4, -0.2) is 0 Å². The minimum absolute atomic E-state index is 0.792. The van der Waals surface area contributed by atoms with Crippen LogP contribution in [0.1, 0.15) is 53.9 Å². The van der Waals surface area contributed by atoms with E-state index in [2.05, 4.69) is 34.6 Å². The Morgan fingerprint density at radius 2 is 1.64 bits per heavy atom. The van der Waals surface area contributed by atoms with Gasteiger partial charge in [-0.15, -0.1) is 0 Å². The molecule has 1 unspecified atom stereocenters. The fraction of sp³-hybridized carbons (Fsp3) is 0.818. The van der Waals surface area contributed by atoms with Crippen molar-refractivity contribution in [3.63, 3.8) is 0 Å². The zero-order valence-electron chi connectivity index (χ0n) is 8.70. The van der Waals surface area contributed by atoms with Gasteiger partial charge >= 0.3 is 0 Å². The van der Waals surface area contributed by atoms with Gasteiger partial charge in [-0.2, -0.15) is 0 Å². The molecule has 0 spiro atoms. The van der Waals surface area contributed by atoms with Crippen LogP contribution >= 0.6 is 0 Å². The van der Waals surface area contributed by atoms with Crippen LogP contribution in [0.3, 0.4) is 0 Å². The third kappa shape index (κ3) is 3.09. The summed E-state index contributed by atoms with van der Waals surface area (Å²) in [6.07, 6.45) is 3.72. The van der Waals surface area contributed by atoms with Gasteiger partial charge in [0.1, 0.15) is 0 Å². The first-order valence-electron chi connectivity index (χ1n) is 4.85. The standard InChI is InChI=1S/C11H22/c1-6-9(4)11(8-3)10(5)7-2/h9H,6-8H2,1-5H3. The molecule has 1 atom stereocenters. The van der Waals surface area contributed by atoms with E-state index in [4.69, 9.17) is 0 Å². The molecule has 0 amide bonds. The minimum atomic E-state index is 0.792. The van der Waals surface area contributed by atoms with E-state index in [-0.39, 0.29) is 0 Å². The summed E-state index contributed by atoms with van der Waals surface area (Å²) in [6, 6.07) is 0. The smallest absolute Gasteiger partial charge is 0.0232 e. The molecule has 0 heterocycles. The number of hydrogen-bond donors (Lipinski definition) is 0. The maximum Gasteiger partial charge on any atom is -0.0232 e. The average molecular weight is 154 g/mol. The van der Waals surface area contributed by atoms with Crippen LogP contribution in [0.2, 0.25) is 0 Å². The summed E-state index contributed by atoms with van der Waals surface area (Å²) in [5.74, 6) is 0.792. The summed E-state index contributed by atoms with van der Waals surface area (Å²) < 4.78 is 0. The van der Waals surface area contributed by atoms with Gasteiger partial charge in [0.15, 0.2) is 0 Å². The Morgan fingerprint density at radius 3 is 1.91 bits per heavy atom. The van der Waals surface area contributed by atoms with E-state index in [1.807, 2.05) is 0 Å². The highest BCUT2D eigenvalue weighted by molar-refractivity contribution is 5.13. The van der Waals surface area contributed by atoms with Gasteiger partial charge < -0.3 is 0 Å². The SMILES string of the molecule is CCC(C)=C(CC)C(C)CC. The van der Waals surface area contributed by atoms with E-state index in [0.717, 1.165) is 5.92 Å². The van der Waals surface area contributed by atoms with E-state index >= 15 is 0 Å². The van der Waals surface area contributed by atoms with E-state index in [9.17, 15) is 0 Å². The van der Waals surface area contributed by atoms with E-state index in [1.54, 1.807) is 11.1 Å². The summed E-state index contributed by atoms with van der Waals surface area (Å²) in [7, 11) is 0. The van der Waals surface area contributed by atoms with Crippen LogP contribution in [0.15, 0.2) is 11.1 Å². The Balaban J connectivity index is 4.36. The van der Waals surface area contributed by atoms with Gasteiger partial charge in [-0.3, -0.25) is 0 Å². The summed E-state index contributed by atoms with van der Waals surface area (Å²) in [4.78, 5) is 0. The lowest BCUT2D eigenvalue weighted by atomic mass is 9.91. The molecule has 11 heavy (non-hydrogen) atoms. The fourth-order valence-electron chi connectivity index (χ4n) is 1.54. The van der Waals surface area contributed by atoms with Crippen molar-refractivity contribution in [2.75, 3.05) is 0 Å². The van der Waals surface area contributed by atoms with Crippen molar-refractivity contribution in [1.82, 2.24) is 0 Å². The molecule has 0 heteroatoms. The summed E-state index contributed by atoms with van der Waals surface area (Å²) in [5, 5.41) is 0. The van der Waals surface area contributed by atoms with Crippen LogP contribution in [0, 0.1) is 5.92 Å². The quantitative estimate of drug-likeness (QED) is 0.533. The van der Waals surface area contributed by atoms with Gasteiger partial charge in [0.25, 0.3) is 0 Å². The van der Waals surface area contributed by atoms with Crippen LogP contribution < -0.4 is 0 Å². The van der Waals surface area contributed by atoms with Crippen molar-refractivity contribution in [3.8, 4) is 0 Å². The zero-order chi connectivity index (χ0) is 8.85. The van der Waals surface area contributed by atoms with Gasteiger partial charge in [-0.25, -0.2) is 0 Å². The fourth-order valence-corrected chi connectivity index (χ4v) is 1.54.